The van der Waals surface area contributed by atoms with Crippen molar-refractivity contribution in [3.63, 3.8) is 0 Å². The summed E-state index contributed by atoms with van der Waals surface area (Å²) in [5.74, 6) is 0.917. The van der Waals surface area contributed by atoms with Crippen LogP contribution < -0.4 is 20.7 Å². The SMILES string of the molecule is C=CC(=O)N1CCC(Oc2cnc3[nH]cc(C(=O)NCCCC)c3c2)CC1.C=CC(=O)N1CC[C@H](Nc2cnc3[nH]cc(C(=O)NCC)c3n2)C[C@@H]1C. The molecular weight excluding hydrogens is 676 g/mol. The van der Waals surface area contributed by atoms with Crippen LogP contribution in [-0.2, 0) is 9.59 Å². The summed E-state index contributed by atoms with van der Waals surface area (Å²) in [6.45, 7) is 16.3. The van der Waals surface area contributed by atoms with E-state index in [0.29, 0.717) is 72.2 Å². The number of fused-ring (bicyclic) bond motifs is 2. The normalized spacial score (nSPS) is 17.4. The molecule has 53 heavy (non-hydrogen) atoms. The maximum absolute atomic E-state index is 12.4. The monoisotopic (exact) mass is 726 g/mol. The average Bonchev–Trinajstić information content (AvgIpc) is 3.79. The summed E-state index contributed by atoms with van der Waals surface area (Å²) in [4.78, 5) is 70.9. The van der Waals surface area contributed by atoms with Crippen LogP contribution >= 0.6 is 0 Å². The highest BCUT2D eigenvalue weighted by atomic mass is 16.5. The second kappa shape index (κ2) is 18.2. The van der Waals surface area contributed by atoms with E-state index in [9.17, 15) is 19.2 Å². The van der Waals surface area contributed by atoms with Crippen LogP contribution in [0.3, 0.4) is 0 Å². The Bertz CT molecular complexity index is 1930. The lowest BCUT2D eigenvalue weighted by molar-refractivity contribution is -0.129. The van der Waals surface area contributed by atoms with Crippen molar-refractivity contribution >= 4 is 51.6 Å². The van der Waals surface area contributed by atoms with Crippen LogP contribution in [0.2, 0.25) is 0 Å². The lowest BCUT2D eigenvalue weighted by atomic mass is 9.98. The number of carbonyl (C=O) groups excluding carboxylic acids is 4. The van der Waals surface area contributed by atoms with Gasteiger partial charge in [-0.1, -0.05) is 26.5 Å². The van der Waals surface area contributed by atoms with Crippen LogP contribution in [0, 0.1) is 0 Å². The molecule has 0 bridgehead atoms. The minimum atomic E-state index is -0.171. The van der Waals surface area contributed by atoms with Gasteiger partial charge in [-0.25, -0.2) is 15.0 Å². The largest absolute Gasteiger partial charge is 0.489 e. The second-order valence-corrected chi connectivity index (χ2v) is 13.2. The standard InChI is InChI=1S/C20H26N4O3.C18H24N6O2/c1-3-5-8-21-20(26)17-13-23-19-16(17)11-15(12-22-19)27-14-6-9-24(10-7-14)18(25)4-2;1-4-15(25)24-7-6-12(8-11(24)3)22-14-10-21-17-16(23-14)13(9-20-17)18(26)19-5-2/h4,11-14H,2-3,5-10H2,1H3,(H,21,26)(H,22,23);4,9-12H,1,5-8H2,2-3H3,(H,19,26)(H,20,21)(H,22,23)/t;11-,12-/m.0/s1. The number of anilines is 1. The predicted molar refractivity (Wildman–Crippen MR) is 204 cm³/mol. The van der Waals surface area contributed by atoms with Gasteiger partial charge in [-0.05, 0) is 51.3 Å². The number of pyridine rings is 1. The van der Waals surface area contributed by atoms with Gasteiger partial charge < -0.3 is 40.5 Å². The molecule has 0 spiro atoms. The quantitative estimate of drug-likeness (QED) is 0.105. The highest BCUT2D eigenvalue weighted by Crippen LogP contribution is 2.25. The number of ether oxygens (including phenoxy) is 1. The minimum absolute atomic E-state index is 0.0267. The molecule has 0 unspecified atom stereocenters. The molecule has 2 aliphatic heterocycles. The fourth-order valence-corrected chi connectivity index (χ4v) is 6.57. The van der Waals surface area contributed by atoms with Gasteiger partial charge in [0, 0.05) is 75.4 Å². The van der Waals surface area contributed by atoms with Crippen molar-refractivity contribution in [2.75, 3.05) is 38.0 Å². The zero-order valence-electron chi connectivity index (χ0n) is 30.7. The molecule has 6 heterocycles. The van der Waals surface area contributed by atoms with Gasteiger partial charge in [0.25, 0.3) is 11.8 Å². The summed E-state index contributed by atoms with van der Waals surface area (Å²) in [6, 6.07) is 2.17. The Labute approximate surface area is 309 Å². The first-order chi connectivity index (χ1) is 25.6. The van der Waals surface area contributed by atoms with E-state index in [2.05, 4.69) is 61.0 Å². The summed E-state index contributed by atoms with van der Waals surface area (Å²) in [5.41, 5.74) is 2.85. The van der Waals surface area contributed by atoms with Crippen molar-refractivity contribution in [3.8, 4) is 5.75 Å². The number of unbranched alkanes of at least 4 members (excludes halogenated alkanes) is 1. The number of carbonyl (C=O) groups is 4. The first-order valence-electron chi connectivity index (χ1n) is 18.3. The zero-order chi connectivity index (χ0) is 37.9. The number of aromatic nitrogens is 5. The molecule has 2 fully saturated rings. The number of likely N-dealkylation sites (tertiary alicyclic amines) is 2. The van der Waals surface area contributed by atoms with Crippen LogP contribution in [0.5, 0.6) is 5.75 Å². The van der Waals surface area contributed by atoms with Gasteiger partial charge in [0.05, 0.1) is 23.5 Å². The number of rotatable bonds is 12. The van der Waals surface area contributed by atoms with Gasteiger partial charge in [0.1, 0.15) is 28.8 Å². The molecule has 0 saturated carbocycles. The van der Waals surface area contributed by atoms with Crippen molar-refractivity contribution in [2.45, 2.75) is 77.5 Å². The van der Waals surface area contributed by atoms with Gasteiger partial charge >= 0.3 is 0 Å². The third-order valence-electron chi connectivity index (χ3n) is 9.45. The topological polar surface area (TPSA) is 190 Å². The van der Waals surface area contributed by atoms with E-state index in [0.717, 1.165) is 43.9 Å². The van der Waals surface area contributed by atoms with E-state index < -0.39 is 0 Å². The Hall–Kier alpha value is -5.73. The smallest absolute Gasteiger partial charge is 0.255 e. The molecule has 6 rings (SSSR count). The molecule has 0 aliphatic carbocycles. The summed E-state index contributed by atoms with van der Waals surface area (Å²) in [6.07, 6.45) is 14.5. The fourth-order valence-electron chi connectivity index (χ4n) is 6.57. The molecule has 2 atom stereocenters. The van der Waals surface area contributed by atoms with Crippen LogP contribution in [0.1, 0.15) is 80.0 Å². The molecule has 0 radical (unpaired) electrons. The van der Waals surface area contributed by atoms with Crippen molar-refractivity contribution in [3.05, 3.63) is 67.3 Å². The van der Waals surface area contributed by atoms with E-state index >= 15 is 0 Å². The van der Waals surface area contributed by atoms with Gasteiger partial charge in [-0.2, -0.15) is 0 Å². The van der Waals surface area contributed by atoms with Crippen LogP contribution in [-0.4, -0.2) is 109 Å². The number of aromatic amines is 2. The van der Waals surface area contributed by atoms with E-state index in [1.165, 1.54) is 12.2 Å². The molecular formula is C38H50N10O5. The molecule has 0 aromatic carbocycles. The van der Waals surface area contributed by atoms with E-state index in [1.54, 1.807) is 29.7 Å². The maximum atomic E-state index is 12.4. The van der Waals surface area contributed by atoms with Crippen LogP contribution in [0.25, 0.3) is 22.2 Å². The van der Waals surface area contributed by atoms with Crippen molar-refractivity contribution < 1.29 is 23.9 Å². The average molecular weight is 727 g/mol. The number of nitrogens with one attached hydrogen (secondary N) is 5. The summed E-state index contributed by atoms with van der Waals surface area (Å²) in [7, 11) is 0. The predicted octanol–water partition coefficient (Wildman–Crippen LogP) is 4.33. The first kappa shape index (κ1) is 38.5. The summed E-state index contributed by atoms with van der Waals surface area (Å²) >= 11 is 0. The number of H-pyrrole nitrogens is 2. The Morgan fingerprint density at radius 1 is 0.925 bits per heavy atom. The number of nitrogens with zero attached hydrogens (tertiary/aromatic N) is 5. The fraction of sp³-hybridized carbons (Fsp3) is 0.447. The molecule has 4 amide bonds. The molecule has 15 heteroatoms. The van der Waals surface area contributed by atoms with Gasteiger partial charge in [-0.15, -0.1) is 0 Å². The molecule has 5 N–H and O–H groups in total. The Morgan fingerprint density at radius 3 is 2.32 bits per heavy atom. The van der Waals surface area contributed by atoms with Gasteiger partial charge in [-0.3, -0.25) is 19.2 Å². The number of hydrogen-bond acceptors (Lipinski definition) is 9. The molecule has 2 aliphatic rings. The lowest BCUT2D eigenvalue weighted by Gasteiger charge is -2.37. The number of hydrogen-bond donors (Lipinski definition) is 5. The highest BCUT2D eigenvalue weighted by Gasteiger charge is 2.28. The Morgan fingerprint density at radius 2 is 1.62 bits per heavy atom. The number of amides is 4. The maximum Gasteiger partial charge on any atom is 0.255 e. The summed E-state index contributed by atoms with van der Waals surface area (Å²) in [5, 5.41) is 9.84. The third kappa shape index (κ3) is 9.58. The molecule has 2 saturated heterocycles. The lowest BCUT2D eigenvalue weighted by Crippen LogP contribution is -2.47. The molecule has 282 valence electrons. The van der Waals surface area contributed by atoms with Crippen molar-refractivity contribution in [2.24, 2.45) is 0 Å². The molecule has 4 aromatic rings. The molecule has 15 nitrogen and oxygen atoms in total. The van der Waals surface area contributed by atoms with Crippen LogP contribution in [0.15, 0.2) is 56.2 Å². The molecule has 4 aromatic heterocycles. The Kier molecular flexibility index (Phi) is 13.2. The summed E-state index contributed by atoms with van der Waals surface area (Å²) < 4.78 is 6.06. The van der Waals surface area contributed by atoms with E-state index in [-0.39, 0.29) is 41.8 Å². The highest BCUT2D eigenvalue weighted by molar-refractivity contribution is 6.06. The van der Waals surface area contributed by atoms with Gasteiger partial charge in [0.2, 0.25) is 11.8 Å². The van der Waals surface area contributed by atoms with Gasteiger partial charge in [0.15, 0.2) is 5.65 Å². The van der Waals surface area contributed by atoms with E-state index in [1.807, 2.05) is 24.8 Å². The third-order valence-corrected chi connectivity index (χ3v) is 9.45. The first-order valence-corrected chi connectivity index (χ1v) is 18.3. The van der Waals surface area contributed by atoms with Crippen molar-refractivity contribution in [1.29, 1.82) is 0 Å². The van der Waals surface area contributed by atoms with Crippen molar-refractivity contribution in [1.82, 2.24) is 45.4 Å². The van der Waals surface area contributed by atoms with Crippen LogP contribution in [0.4, 0.5) is 5.82 Å². The Balaban J connectivity index is 0.000000204. The second-order valence-electron chi connectivity index (χ2n) is 13.2. The zero-order valence-corrected chi connectivity index (χ0v) is 30.7. The minimum Gasteiger partial charge on any atom is -0.489 e. The van der Waals surface area contributed by atoms with E-state index in [4.69, 9.17) is 4.74 Å². The number of piperidine rings is 2.